The van der Waals surface area contributed by atoms with E-state index in [1.165, 1.54) is 7.11 Å². The van der Waals surface area contributed by atoms with Gasteiger partial charge in [-0.2, -0.15) is 0 Å². The molecule has 0 fully saturated rings. The number of hydrogen-bond donors (Lipinski definition) is 1. The van der Waals surface area contributed by atoms with Crippen molar-refractivity contribution in [2.75, 3.05) is 27.3 Å². The molecule has 88 valence electrons. The Morgan fingerprint density at radius 1 is 1.31 bits per heavy atom. The minimum absolute atomic E-state index is 0.332. The molecule has 0 radical (unpaired) electrons. The van der Waals surface area contributed by atoms with Crippen molar-refractivity contribution in [1.29, 1.82) is 0 Å². The Balaban J connectivity index is 2.42. The van der Waals surface area contributed by atoms with Crippen LogP contribution < -0.4 is 10.1 Å². The molecule has 0 saturated heterocycles. The van der Waals surface area contributed by atoms with Gasteiger partial charge in [-0.05, 0) is 44.3 Å². The predicted molar refractivity (Wildman–Crippen MR) is 61.8 cm³/mol. The molecule has 0 spiro atoms. The van der Waals surface area contributed by atoms with Crippen LogP contribution in [-0.2, 0) is 4.74 Å². The van der Waals surface area contributed by atoms with Gasteiger partial charge in [0.05, 0.1) is 19.3 Å². The third-order valence-electron chi connectivity index (χ3n) is 2.12. The van der Waals surface area contributed by atoms with Crippen LogP contribution in [0.5, 0.6) is 5.75 Å². The maximum absolute atomic E-state index is 11.2. The second kappa shape index (κ2) is 6.85. The molecule has 1 N–H and O–H groups in total. The van der Waals surface area contributed by atoms with Crippen molar-refractivity contribution in [2.24, 2.45) is 0 Å². The average Bonchev–Trinajstić information content (AvgIpc) is 2.34. The van der Waals surface area contributed by atoms with E-state index in [1.54, 1.807) is 24.3 Å². The highest BCUT2D eigenvalue weighted by atomic mass is 16.5. The summed E-state index contributed by atoms with van der Waals surface area (Å²) < 4.78 is 10.1. The molecule has 0 saturated carbocycles. The van der Waals surface area contributed by atoms with Gasteiger partial charge in [0.1, 0.15) is 5.75 Å². The standard InChI is InChI=1S/C12H17NO3/c1-13-8-3-9-16-11-6-4-10(5-7-11)12(14)15-2/h4-7,13H,3,8-9H2,1-2H3. The summed E-state index contributed by atoms with van der Waals surface area (Å²) in [5, 5.41) is 3.04. The van der Waals surface area contributed by atoms with Gasteiger partial charge in [0.25, 0.3) is 0 Å². The molecular formula is C12H17NO3. The molecule has 1 aromatic carbocycles. The number of methoxy groups -OCH3 is 1. The van der Waals surface area contributed by atoms with Crippen LogP contribution in [0.15, 0.2) is 24.3 Å². The summed E-state index contributed by atoms with van der Waals surface area (Å²) in [5.74, 6) is 0.436. The molecular weight excluding hydrogens is 206 g/mol. The van der Waals surface area contributed by atoms with Gasteiger partial charge in [-0.3, -0.25) is 0 Å². The van der Waals surface area contributed by atoms with Gasteiger partial charge in [0.15, 0.2) is 0 Å². The van der Waals surface area contributed by atoms with Crippen molar-refractivity contribution < 1.29 is 14.3 Å². The zero-order chi connectivity index (χ0) is 11.8. The van der Waals surface area contributed by atoms with E-state index in [0.29, 0.717) is 12.2 Å². The van der Waals surface area contributed by atoms with Gasteiger partial charge < -0.3 is 14.8 Å². The molecule has 0 unspecified atom stereocenters. The van der Waals surface area contributed by atoms with Gasteiger partial charge in [-0.1, -0.05) is 0 Å². The lowest BCUT2D eigenvalue weighted by molar-refractivity contribution is 0.0600. The van der Waals surface area contributed by atoms with E-state index >= 15 is 0 Å². The van der Waals surface area contributed by atoms with Crippen molar-refractivity contribution in [1.82, 2.24) is 5.32 Å². The molecule has 0 aliphatic heterocycles. The topological polar surface area (TPSA) is 47.6 Å². The van der Waals surface area contributed by atoms with Crippen molar-refractivity contribution >= 4 is 5.97 Å². The summed E-state index contributed by atoms with van der Waals surface area (Å²) in [6.07, 6.45) is 0.954. The molecule has 16 heavy (non-hydrogen) atoms. The van der Waals surface area contributed by atoms with Crippen LogP contribution in [0.25, 0.3) is 0 Å². The molecule has 0 aliphatic carbocycles. The molecule has 0 atom stereocenters. The monoisotopic (exact) mass is 223 g/mol. The number of nitrogens with one attached hydrogen (secondary N) is 1. The Morgan fingerprint density at radius 2 is 2.00 bits per heavy atom. The van der Waals surface area contributed by atoms with E-state index in [0.717, 1.165) is 18.7 Å². The minimum atomic E-state index is -0.332. The molecule has 0 amide bonds. The first-order chi connectivity index (χ1) is 7.77. The van der Waals surface area contributed by atoms with Gasteiger partial charge in [0.2, 0.25) is 0 Å². The summed E-state index contributed by atoms with van der Waals surface area (Å²) in [6, 6.07) is 6.93. The van der Waals surface area contributed by atoms with E-state index in [9.17, 15) is 4.79 Å². The Morgan fingerprint density at radius 3 is 2.56 bits per heavy atom. The summed E-state index contributed by atoms with van der Waals surface area (Å²) in [6.45, 7) is 1.60. The van der Waals surface area contributed by atoms with Gasteiger partial charge >= 0.3 is 5.97 Å². The van der Waals surface area contributed by atoms with E-state index in [4.69, 9.17) is 4.74 Å². The highest BCUT2D eigenvalue weighted by molar-refractivity contribution is 5.89. The van der Waals surface area contributed by atoms with Crippen LogP contribution in [0.3, 0.4) is 0 Å². The quantitative estimate of drug-likeness (QED) is 0.586. The highest BCUT2D eigenvalue weighted by Gasteiger charge is 2.04. The Bertz CT molecular complexity index is 322. The maximum atomic E-state index is 11.2. The largest absolute Gasteiger partial charge is 0.494 e. The summed E-state index contributed by atoms with van der Waals surface area (Å²) in [4.78, 5) is 11.2. The number of hydrogen-bond acceptors (Lipinski definition) is 4. The number of esters is 1. The first-order valence-corrected chi connectivity index (χ1v) is 5.23. The second-order valence-corrected chi connectivity index (χ2v) is 3.32. The van der Waals surface area contributed by atoms with Crippen LogP contribution in [0.2, 0.25) is 0 Å². The highest BCUT2D eigenvalue weighted by Crippen LogP contribution is 2.12. The predicted octanol–water partition coefficient (Wildman–Crippen LogP) is 1.46. The normalized spacial score (nSPS) is 9.88. The fourth-order valence-electron chi connectivity index (χ4n) is 1.24. The summed E-state index contributed by atoms with van der Waals surface area (Å²) in [5.41, 5.74) is 0.532. The molecule has 0 aliphatic rings. The lowest BCUT2D eigenvalue weighted by Gasteiger charge is -2.06. The van der Waals surface area contributed by atoms with Crippen molar-refractivity contribution in [3.05, 3.63) is 29.8 Å². The number of benzene rings is 1. The molecule has 4 nitrogen and oxygen atoms in total. The molecule has 0 bridgehead atoms. The fourth-order valence-corrected chi connectivity index (χ4v) is 1.24. The average molecular weight is 223 g/mol. The Kier molecular flexibility index (Phi) is 5.36. The number of rotatable bonds is 6. The number of carbonyl (C=O) groups is 1. The Labute approximate surface area is 95.6 Å². The fraction of sp³-hybridized carbons (Fsp3) is 0.417. The SMILES string of the molecule is CNCCCOc1ccc(C(=O)OC)cc1. The van der Waals surface area contributed by atoms with Crippen LogP contribution in [0.4, 0.5) is 0 Å². The maximum Gasteiger partial charge on any atom is 0.337 e. The van der Waals surface area contributed by atoms with Crippen LogP contribution in [-0.4, -0.2) is 33.3 Å². The minimum Gasteiger partial charge on any atom is -0.494 e. The first-order valence-electron chi connectivity index (χ1n) is 5.23. The summed E-state index contributed by atoms with van der Waals surface area (Å²) in [7, 11) is 3.27. The van der Waals surface area contributed by atoms with E-state index in [-0.39, 0.29) is 5.97 Å². The van der Waals surface area contributed by atoms with E-state index < -0.39 is 0 Å². The molecule has 1 aromatic rings. The molecule has 4 heteroatoms. The van der Waals surface area contributed by atoms with E-state index in [1.807, 2.05) is 7.05 Å². The van der Waals surface area contributed by atoms with Crippen LogP contribution in [0, 0.1) is 0 Å². The second-order valence-electron chi connectivity index (χ2n) is 3.32. The van der Waals surface area contributed by atoms with Gasteiger partial charge in [-0.25, -0.2) is 4.79 Å². The molecule has 1 rings (SSSR count). The van der Waals surface area contributed by atoms with Crippen molar-refractivity contribution in [2.45, 2.75) is 6.42 Å². The van der Waals surface area contributed by atoms with Crippen molar-refractivity contribution in [3.8, 4) is 5.75 Å². The lowest BCUT2D eigenvalue weighted by atomic mass is 10.2. The van der Waals surface area contributed by atoms with Crippen LogP contribution >= 0.6 is 0 Å². The zero-order valence-corrected chi connectivity index (χ0v) is 9.66. The van der Waals surface area contributed by atoms with Crippen molar-refractivity contribution in [3.63, 3.8) is 0 Å². The third kappa shape index (κ3) is 3.90. The number of ether oxygens (including phenoxy) is 2. The van der Waals surface area contributed by atoms with Crippen LogP contribution in [0.1, 0.15) is 16.8 Å². The third-order valence-corrected chi connectivity index (χ3v) is 2.12. The van der Waals surface area contributed by atoms with Gasteiger partial charge in [-0.15, -0.1) is 0 Å². The van der Waals surface area contributed by atoms with E-state index in [2.05, 4.69) is 10.1 Å². The lowest BCUT2D eigenvalue weighted by Crippen LogP contribution is -2.11. The summed E-state index contributed by atoms with van der Waals surface area (Å²) >= 11 is 0. The Hall–Kier alpha value is -1.55. The molecule has 0 aromatic heterocycles. The smallest absolute Gasteiger partial charge is 0.337 e. The molecule has 0 heterocycles. The number of carbonyl (C=O) groups excluding carboxylic acids is 1. The first kappa shape index (κ1) is 12.5. The van der Waals surface area contributed by atoms with Gasteiger partial charge in [0, 0.05) is 0 Å². The zero-order valence-electron chi connectivity index (χ0n) is 9.66.